The zero-order valence-electron chi connectivity index (χ0n) is 16.6. The van der Waals surface area contributed by atoms with Gasteiger partial charge in [-0.3, -0.25) is 0 Å². The molecular weight excluding hydrogens is 402 g/mol. The summed E-state index contributed by atoms with van der Waals surface area (Å²) in [6, 6.07) is 10.3. The van der Waals surface area contributed by atoms with Crippen LogP contribution in [0.25, 0.3) is 20.4 Å². The highest BCUT2D eigenvalue weighted by molar-refractivity contribution is 7.26. The standard InChI is InChI=1S/C22H22ClN5S/c1-14-11-15(2)26-22-18(14)19-20(29-22)21(25-13-24-19)28-9-7-27(8-10-28)12-16-3-5-17(23)6-4-16/h3-6,11,13H,7-10,12H2,1-2H3/p+1. The van der Waals surface area contributed by atoms with Crippen molar-refractivity contribution >= 4 is 49.2 Å². The van der Waals surface area contributed by atoms with E-state index in [2.05, 4.69) is 40.0 Å². The lowest BCUT2D eigenvalue weighted by Gasteiger charge is -2.33. The molecule has 0 bridgehead atoms. The second-order valence-electron chi connectivity index (χ2n) is 7.78. The summed E-state index contributed by atoms with van der Waals surface area (Å²) in [6.07, 6.45) is 1.70. The number of piperazine rings is 1. The van der Waals surface area contributed by atoms with Crippen LogP contribution in [0, 0.1) is 13.8 Å². The third kappa shape index (κ3) is 3.56. The Hall–Kier alpha value is -2.28. The second kappa shape index (κ2) is 7.52. The molecule has 0 aliphatic carbocycles. The third-order valence-electron chi connectivity index (χ3n) is 5.67. The van der Waals surface area contributed by atoms with Gasteiger partial charge in [0.1, 0.15) is 17.7 Å². The molecule has 5 rings (SSSR count). The number of fused-ring (bicyclic) bond motifs is 3. The van der Waals surface area contributed by atoms with Crippen molar-refractivity contribution in [1.82, 2.24) is 15.0 Å². The van der Waals surface area contributed by atoms with Crippen LogP contribution in [0.5, 0.6) is 0 Å². The number of thiophene rings is 1. The monoisotopic (exact) mass is 424 g/mol. The van der Waals surface area contributed by atoms with Crippen LogP contribution in [-0.2, 0) is 6.54 Å². The Labute approximate surface area is 179 Å². The number of halogens is 1. The molecule has 1 N–H and O–H groups in total. The Morgan fingerprint density at radius 3 is 2.62 bits per heavy atom. The number of aromatic nitrogens is 3. The molecule has 29 heavy (non-hydrogen) atoms. The first kappa shape index (κ1) is 18.7. The molecule has 0 amide bonds. The first-order valence-electron chi connectivity index (χ1n) is 9.93. The molecule has 4 aromatic rings. The van der Waals surface area contributed by atoms with E-state index in [4.69, 9.17) is 16.6 Å². The number of anilines is 1. The predicted molar refractivity (Wildman–Crippen MR) is 120 cm³/mol. The minimum Gasteiger partial charge on any atom is -0.344 e. The summed E-state index contributed by atoms with van der Waals surface area (Å²) in [6.45, 7) is 9.40. The Balaban J connectivity index is 1.39. The fourth-order valence-corrected chi connectivity index (χ4v) is 5.62. The van der Waals surface area contributed by atoms with Crippen LogP contribution in [0.15, 0.2) is 36.7 Å². The van der Waals surface area contributed by atoms with Gasteiger partial charge in [0.25, 0.3) is 0 Å². The van der Waals surface area contributed by atoms with Crippen molar-refractivity contribution in [2.24, 2.45) is 0 Å². The molecule has 0 atom stereocenters. The fraction of sp³-hybridized carbons (Fsp3) is 0.318. The molecule has 0 spiro atoms. The van der Waals surface area contributed by atoms with Gasteiger partial charge in [-0.2, -0.15) is 0 Å². The Kier molecular flexibility index (Phi) is 4.86. The smallest absolute Gasteiger partial charge is 0.150 e. The molecule has 1 fully saturated rings. The van der Waals surface area contributed by atoms with Gasteiger partial charge in [0.05, 0.1) is 36.4 Å². The van der Waals surface area contributed by atoms with Gasteiger partial charge in [0, 0.05) is 21.7 Å². The Bertz CT molecular complexity index is 1180. The van der Waals surface area contributed by atoms with E-state index >= 15 is 0 Å². The molecule has 0 unspecified atom stereocenters. The van der Waals surface area contributed by atoms with Crippen molar-refractivity contribution in [1.29, 1.82) is 0 Å². The number of hydrogen-bond donors (Lipinski definition) is 1. The number of aryl methyl sites for hydroxylation is 2. The van der Waals surface area contributed by atoms with Crippen molar-refractivity contribution in [2.75, 3.05) is 31.1 Å². The summed E-state index contributed by atoms with van der Waals surface area (Å²) in [5, 5.41) is 1.97. The van der Waals surface area contributed by atoms with Gasteiger partial charge in [-0.15, -0.1) is 11.3 Å². The summed E-state index contributed by atoms with van der Waals surface area (Å²) in [7, 11) is 0. The van der Waals surface area contributed by atoms with Crippen molar-refractivity contribution in [3.05, 3.63) is 58.5 Å². The molecule has 0 saturated carbocycles. The highest BCUT2D eigenvalue weighted by Gasteiger charge is 2.24. The molecule has 3 aromatic heterocycles. The van der Waals surface area contributed by atoms with Crippen molar-refractivity contribution in [3.63, 3.8) is 0 Å². The van der Waals surface area contributed by atoms with Crippen LogP contribution in [-0.4, -0.2) is 41.1 Å². The topological polar surface area (TPSA) is 46.4 Å². The summed E-state index contributed by atoms with van der Waals surface area (Å²) in [5.41, 5.74) is 4.66. The highest BCUT2D eigenvalue weighted by Crippen LogP contribution is 2.37. The van der Waals surface area contributed by atoms with Crippen LogP contribution in [0.3, 0.4) is 0 Å². The maximum absolute atomic E-state index is 6.01. The first-order valence-corrected chi connectivity index (χ1v) is 11.1. The molecule has 1 aliphatic rings. The lowest BCUT2D eigenvalue weighted by molar-refractivity contribution is -0.914. The lowest BCUT2D eigenvalue weighted by atomic mass is 10.1. The van der Waals surface area contributed by atoms with Crippen LogP contribution >= 0.6 is 22.9 Å². The molecule has 1 aromatic carbocycles. The Morgan fingerprint density at radius 2 is 1.86 bits per heavy atom. The molecule has 0 radical (unpaired) electrons. The normalized spacial score (nSPS) is 15.5. The van der Waals surface area contributed by atoms with Gasteiger partial charge in [-0.25, -0.2) is 15.0 Å². The minimum absolute atomic E-state index is 0.796. The van der Waals surface area contributed by atoms with Crippen LogP contribution in [0.4, 0.5) is 5.82 Å². The maximum atomic E-state index is 6.01. The molecule has 1 saturated heterocycles. The second-order valence-corrected chi connectivity index (χ2v) is 9.21. The first-order chi connectivity index (χ1) is 14.1. The zero-order chi connectivity index (χ0) is 20.0. The molecule has 1 aliphatic heterocycles. The largest absolute Gasteiger partial charge is 0.344 e. The predicted octanol–water partition coefficient (Wildman–Crippen LogP) is 3.41. The number of rotatable bonds is 3. The van der Waals surface area contributed by atoms with Gasteiger partial charge >= 0.3 is 0 Å². The molecule has 7 heteroatoms. The van der Waals surface area contributed by atoms with Gasteiger partial charge in [0.15, 0.2) is 5.82 Å². The van der Waals surface area contributed by atoms with E-state index < -0.39 is 0 Å². The summed E-state index contributed by atoms with van der Waals surface area (Å²) < 4.78 is 1.16. The number of hydrogen-bond acceptors (Lipinski definition) is 5. The lowest BCUT2D eigenvalue weighted by Crippen LogP contribution is -3.13. The molecular formula is C22H23ClN5S+. The SMILES string of the molecule is Cc1cc(C)c2c(n1)sc1c(N3CC[NH+](Cc4ccc(Cl)cc4)CC3)ncnc12. The van der Waals surface area contributed by atoms with Gasteiger partial charge in [-0.05, 0) is 37.6 Å². The Morgan fingerprint density at radius 1 is 1.10 bits per heavy atom. The number of pyridine rings is 1. The number of quaternary nitrogens is 1. The molecule has 148 valence electrons. The van der Waals surface area contributed by atoms with E-state index in [-0.39, 0.29) is 0 Å². The summed E-state index contributed by atoms with van der Waals surface area (Å²) in [4.78, 5) is 19.1. The third-order valence-corrected chi connectivity index (χ3v) is 6.99. The average Bonchev–Trinajstić information content (AvgIpc) is 3.09. The van der Waals surface area contributed by atoms with E-state index in [9.17, 15) is 0 Å². The van der Waals surface area contributed by atoms with Crippen LogP contribution in [0.2, 0.25) is 5.02 Å². The van der Waals surface area contributed by atoms with Gasteiger partial charge in [-0.1, -0.05) is 23.7 Å². The van der Waals surface area contributed by atoms with E-state index in [1.54, 1.807) is 22.6 Å². The van der Waals surface area contributed by atoms with E-state index in [0.29, 0.717) is 0 Å². The van der Waals surface area contributed by atoms with E-state index in [0.717, 1.165) is 64.3 Å². The van der Waals surface area contributed by atoms with Crippen LogP contribution < -0.4 is 9.80 Å². The number of nitrogens with zero attached hydrogens (tertiary/aromatic N) is 4. The zero-order valence-corrected chi connectivity index (χ0v) is 18.1. The molecule has 4 heterocycles. The van der Waals surface area contributed by atoms with Gasteiger partial charge in [0.2, 0.25) is 0 Å². The number of nitrogens with one attached hydrogen (secondary N) is 1. The van der Waals surface area contributed by atoms with E-state index in [1.807, 2.05) is 19.1 Å². The number of benzene rings is 1. The van der Waals surface area contributed by atoms with E-state index in [1.165, 1.54) is 16.5 Å². The maximum Gasteiger partial charge on any atom is 0.150 e. The van der Waals surface area contributed by atoms with Crippen molar-refractivity contribution in [2.45, 2.75) is 20.4 Å². The summed E-state index contributed by atoms with van der Waals surface area (Å²) >= 11 is 7.73. The van der Waals surface area contributed by atoms with Gasteiger partial charge < -0.3 is 9.80 Å². The average molecular weight is 425 g/mol. The fourth-order valence-electron chi connectivity index (χ4n) is 4.23. The van der Waals surface area contributed by atoms with Crippen LogP contribution in [0.1, 0.15) is 16.8 Å². The van der Waals surface area contributed by atoms with Crippen molar-refractivity contribution in [3.8, 4) is 0 Å². The molecule has 5 nitrogen and oxygen atoms in total. The highest BCUT2D eigenvalue weighted by atomic mass is 35.5. The quantitative estimate of drug-likeness (QED) is 0.547. The van der Waals surface area contributed by atoms with Crippen molar-refractivity contribution < 1.29 is 4.90 Å². The summed E-state index contributed by atoms with van der Waals surface area (Å²) in [5.74, 6) is 1.06. The minimum atomic E-state index is 0.796.